The third-order valence-corrected chi connectivity index (χ3v) is 4.09. The summed E-state index contributed by atoms with van der Waals surface area (Å²) in [5.74, 6) is -0.558. The Morgan fingerprint density at radius 1 is 1.13 bits per heavy atom. The van der Waals surface area contributed by atoms with Crippen LogP contribution in [-0.4, -0.2) is 15.5 Å². The van der Waals surface area contributed by atoms with Crippen molar-refractivity contribution >= 4 is 22.9 Å². The van der Waals surface area contributed by atoms with Gasteiger partial charge in [0.05, 0.1) is 6.54 Å². The predicted molar refractivity (Wildman–Crippen MR) is 89.1 cm³/mol. The minimum absolute atomic E-state index is 0.106. The zero-order chi connectivity index (χ0) is 16.2. The SMILES string of the molecule is O=C(Nc1ccccc1)c1c[nH]c(=O)n(Cc2cccs2)c1=O. The summed E-state index contributed by atoms with van der Waals surface area (Å²) in [6, 6.07) is 12.5. The lowest BCUT2D eigenvalue weighted by Gasteiger charge is -2.07. The van der Waals surface area contributed by atoms with Gasteiger partial charge in [-0.15, -0.1) is 11.3 Å². The number of thiophene rings is 1. The van der Waals surface area contributed by atoms with Crippen molar-refractivity contribution in [2.75, 3.05) is 5.32 Å². The zero-order valence-electron chi connectivity index (χ0n) is 12.0. The van der Waals surface area contributed by atoms with Crippen molar-refractivity contribution in [2.45, 2.75) is 6.54 Å². The van der Waals surface area contributed by atoms with Crippen LogP contribution >= 0.6 is 11.3 Å². The number of carbonyl (C=O) groups is 1. The highest BCUT2D eigenvalue weighted by Crippen LogP contribution is 2.09. The largest absolute Gasteiger partial charge is 0.328 e. The highest BCUT2D eigenvalue weighted by atomic mass is 32.1. The first-order chi connectivity index (χ1) is 11.1. The van der Waals surface area contributed by atoms with E-state index in [1.807, 2.05) is 23.6 Å². The molecule has 0 unspecified atom stereocenters. The third-order valence-electron chi connectivity index (χ3n) is 3.23. The van der Waals surface area contributed by atoms with Crippen molar-refractivity contribution in [1.82, 2.24) is 9.55 Å². The second-order valence-electron chi connectivity index (χ2n) is 4.80. The molecule has 2 heterocycles. The smallest absolute Gasteiger partial charge is 0.322 e. The minimum Gasteiger partial charge on any atom is -0.322 e. The molecule has 0 aliphatic heterocycles. The summed E-state index contributed by atoms with van der Waals surface area (Å²) < 4.78 is 1.02. The number of hydrogen-bond donors (Lipinski definition) is 2. The maximum absolute atomic E-state index is 12.4. The molecule has 7 heteroatoms. The van der Waals surface area contributed by atoms with Crippen molar-refractivity contribution in [2.24, 2.45) is 0 Å². The van der Waals surface area contributed by atoms with Gasteiger partial charge >= 0.3 is 5.69 Å². The van der Waals surface area contributed by atoms with Crippen LogP contribution in [0.1, 0.15) is 15.2 Å². The van der Waals surface area contributed by atoms with E-state index in [1.165, 1.54) is 11.3 Å². The van der Waals surface area contributed by atoms with E-state index >= 15 is 0 Å². The maximum Gasteiger partial charge on any atom is 0.328 e. The average Bonchev–Trinajstić information content (AvgIpc) is 3.05. The summed E-state index contributed by atoms with van der Waals surface area (Å²) in [5.41, 5.74) is -0.687. The summed E-state index contributed by atoms with van der Waals surface area (Å²) >= 11 is 1.44. The van der Waals surface area contributed by atoms with Crippen molar-refractivity contribution in [1.29, 1.82) is 0 Å². The molecule has 0 bridgehead atoms. The molecule has 1 aromatic carbocycles. The fraction of sp³-hybridized carbons (Fsp3) is 0.0625. The first kappa shape index (κ1) is 15.0. The number of hydrogen-bond acceptors (Lipinski definition) is 4. The number of anilines is 1. The number of aromatic amines is 1. The van der Waals surface area contributed by atoms with Gasteiger partial charge in [-0.25, -0.2) is 4.79 Å². The molecule has 0 fully saturated rings. The quantitative estimate of drug-likeness (QED) is 0.767. The third kappa shape index (κ3) is 3.29. The second kappa shape index (κ2) is 6.45. The Balaban J connectivity index is 1.93. The molecule has 3 rings (SSSR count). The number of nitrogens with zero attached hydrogens (tertiary/aromatic N) is 1. The summed E-state index contributed by atoms with van der Waals surface area (Å²) in [7, 11) is 0. The lowest BCUT2D eigenvalue weighted by molar-refractivity contribution is 0.102. The molecule has 116 valence electrons. The van der Waals surface area contributed by atoms with E-state index in [9.17, 15) is 14.4 Å². The van der Waals surface area contributed by atoms with Crippen LogP contribution in [0, 0.1) is 0 Å². The molecule has 0 aliphatic rings. The van der Waals surface area contributed by atoms with Gasteiger partial charge in [-0.1, -0.05) is 24.3 Å². The van der Waals surface area contributed by atoms with E-state index in [0.717, 1.165) is 15.6 Å². The monoisotopic (exact) mass is 327 g/mol. The molecule has 0 atom stereocenters. The van der Waals surface area contributed by atoms with Crippen molar-refractivity contribution < 1.29 is 4.79 Å². The number of carbonyl (C=O) groups excluding carboxylic acids is 1. The van der Waals surface area contributed by atoms with Crippen LogP contribution in [0.2, 0.25) is 0 Å². The van der Waals surface area contributed by atoms with Crippen molar-refractivity contribution in [3.8, 4) is 0 Å². The Bertz CT molecular complexity index is 927. The summed E-state index contributed by atoms with van der Waals surface area (Å²) in [4.78, 5) is 39.9. The molecular weight excluding hydrogens is 314 g/mol. The van der Waals surface area contributed by atoms with E-state index < -0.39 is 17.2 Å². The van der Waals surface area contributed by atoms with Gasteiger partial charge in [-0.05, 0) is 23.6 Å². The number of H-pyrrole nitrogens is 1. The van der Waals surface area contributed by atoms with Crippen LogP contribution in [0.5, 0.6) is 0 Å². The number of para-hydroxylation sites is 1. The molecule has 0 saturated carbocycles. The predicted octanol–water partition coefficient (Wildman–Crippen LogP) is 1.90. The number of benzene rings is 1. The number of aromatic nitrogens is 2. The van der Waals surface area contributed by atoms with Gasteiger partial charge < -0.3 is 10.3 Å². The number of amides is 1. The first-order valence-electron chi connectivity index (χ1n) is 6.86. The molecule has 0 radical (unpaired) electrons. The highest BCUT2D eigenvalue weighted by Gasteiger charge is 2.15. The Morgan fingerprint density at radius 3 is 2.61 bits per heavy atom. The molecule has 1 amide bonds. The average molecular weight is 327 g/mol. The molecule has 0 aliphatic carbocycles. The van der Waals surface area contributed by atoms with E-state index in [0.29, 0.717) is 5.69 Å². The summed E-state index contributed by atoms with van der Waals surface area (Å²) in [6.45, 7) is 0.137. The van der Waals surface area contributed by atoms with Crippen LogP contribution in [0.25, 0.3) is 0 Å². The zero-order valence-corrected chi connectivity index (χ0v) is 12.8. The molecule has 3 aromatic rings. The number of nitrogens with one attached hydrogen (secondary N) is 2. The van der Waals surface area contributed by atoms with Gasteiger partial charge in [0.25, 0.3) is 11.5 Å². The van der Waals surface area contributed by atoms with Crippen LogP contribution in [0.15, 0.2) is 63.6 Å². The molecular formula is C16H13N3O3S. The van der Waals surface area contributed by atoms with E-state index in [-0.39, 0.29) is 12.1 Å². The van der Waals surface area contributed by atoms with Gasteiger partial charge in [0.1, 0.15) is 5.56 Å². The van der Waals surface area contributed by atoms with Gasteiger partial charge in [-0.2, -0.15) is 0 Å². The lowest BCUT2D eigenvalue weighted by atomic mass is 10.2. The summed E-state index contributed by atoms with van der Waals surface area (Å²) in [5, 5.41) is 4.49. The standard InChI is InChI=1S/C16H13N3O3S/c20-14(18-11-5-2-1-3-6-11)13-9-17-16(22)19(15(13)21)10-12-7-4-8-23-12/h1-9H,10H2,(H,17,22)(H,18,20). The summed E-state index contributed by atoms with van der Waals surface area (Å²) in [6.07, 6.45) is 1.15. The fourth-order valence-corrected chi connectivity index (χ4v) is 2.79. The van der Waals surface area contributed by atoms with Crippen LogP contribution in [-0.2, 0) is 6.54 Å². The Morgan fingerprint density at radius 2 is 1.91 bits per heavy atom. The van der Waals surface area contributed by atoms with Gasteiger partial charge in [-0.3, -0.25) is 14.2 Å². The Hall–Kier alpha value is -2.93. The molecule has 0 spiro atoms. The van der Waals surface area contributed by atoms with Crippen LogP contribution in [0.4, 0.5) is 5.69 Å². The Kier molecular flexibility index (Phi) is 4.20. The fourth-order valence-electron chi connectivity index (χ4n) is 2.10. The van der Waals surface area contributed by atoms with Crippen molar-refractivity contribution in [3.63, 3.8) is 0 Å². The highest BCUT2D eigenvalue weighted by molar-refractivity contribution is 7.09. The van der Waals surface area contributed by atoms with Crippen molar-refractivity contribution in [3.05, 3.63) is 85.3 Å². The van der Waals surface area contributed by atoms with Gasteiger partial charge in [0, 0.05) is 16.8 Å². The normalized spacial score (nSPS) is 10.4. The second-order valence-corrected chi connectivity index (χ2v) is 5.83. The van der Waals surface area contributed by atoms with E-state index in [4.69, 9.17) is 0 Å². The number of rotatable bonds is 4. The van der Waals surface area contributed by atoms with Gasteiger partial charge in [0.2, 0.25) is 0 Å². The van der Waals surface area contributed by atoms with Gasteiger partial charge in [0.15, 0.2) is 0 Å². The Labute approximate surface area is 135 Å². The van der Waals surface area contributed by atoms with E-state index in [2.05, 4.69) is 10.3 Å². The van der Waals surface area contributed by atoms with E-state index in [1.54, 1.807) is 24.3 Å². The molecule has 23 heavy (non-hydrogen) atoms. The minimum atomic E-state index is -0.615. The topological polar surface area (TPSA) is 84.0 Å². The molecule has 2 N–H and O–H groups in total. The maximum atomic E-state index is 12.4. The van der Waals surface area contributed by atoms with Crippen LogP contribution < -0.4 is 16.6 Å². The first-order valence-corrected chi connectivity index (χ1v) is 7.74. The molecule has 2 aromatic heterocycles. The molecule has 6 nitrogen and oxygen atoms in total. The lowest BCUT2D eigenvalue weighted by Crippen LogP contribution is -2.39. The van der Waals surface area contributed by atoms with Crippen LogP contribution in [0.3, 0.4) is 0 Å². The molecule has 0 saturated heterocycles.